The third-order valence-electron chi connectivity index (χ3n) is 3.06. The van der Waals surface area contributed by atoms with Crippen LogP contribution in [0.25, 0.3) is 0 Å². The van der Waals surface area contributed by atoms with Crippen LogP contribution in [0.5, 0.6) is 0 Å². The molecule has 0 aliphatic carbocycles. The number of aryl methyl sites for hydroxylation is 1. The number of ether oxygens (including phenoxy) is 1. The molecule has 1 atom stereocenters. The van der Waals surface area contributed by atoms with Crippen molar-refractivity contribution in [3.63, 3.8) is 0 Å². The van der Waals surface area contributed by atoms with Crippen molar-refractivity contribution in [1.82, 2.24) is 5.32 Å². The topological polar surface area (TPSA) is 34.4 Å². The Bertz CT molecular complexity index is 377. The Morgan fingerprint density at radius 1 is 1.37 bits per heavy atom. The molecule has 0 spiro atoms. The van der Waals surface area contributed by atoms with Gasteiger partial charge in [-0.2, -0.15) is 0 Å². The van der Waals surface area contributed by atoms with Crippen LogP contribution in [-0.4, -0.2) is 11.6 Å². The highest BCUT2D eigenvalue weighted by Crippen LogP contribution is 2.17. The molecular weight excluding hydrogens is 238 g/mol. The molecule has 0 saturated carbocycles. The molecule has 0 bridgehead atoms. The summed E-state index contributed by atoms with van der Waals surface area (Å²) in [6.07, 6.45) is 2.54. The second kappa shape index (κ2) is 7.11. The van der Waals surface area contributed by atoms with E-state index in [0.29, 0.717) is 12.7 Å². The lowest BCUT2D eigenvalue weighted by Crippen LogP contribution is -2.35. The van der Waals surface area contributed by atoms with E-state index in [1.54, 1.807) is 0 Å². The Morgan fingerprint density at radius 3 is 2.63 bits per heavy atom. The Kier molecular flexibility index (Phi) is 6.08. The van der Waals surface area contributed by atoms with Gasteiger partial charge in [-0.15, -0.1) is 0 Å². The lowest BCUT2D eigenvalue weighted by molar-refractivity contribution is 0.0366. The van der Waals surface area contributed by atoms with E-state index in [9.17, 15) is 0 Å². The molecule has 0 aliphatic heterocycles. The Balaban J connectivity index is 2.49. The summed E-state index contributed by atoms with van der Waals surface area (Å²) in [6.45, 7) is 14.2. The van der Waals surface area contributed by atoms with Gasteiger partial charge in [-0.1, -0.05) is 13.3 Å². The van der Waals surface area contributed by atoms with Gasteiger partial charge in [0.15, 0.2) is 0 Å². The molecule has 19 heavy (non-hydrogen) atoms. The minimum absolute atomic E-state index is 0.103. The Labute approximate surface area is 117 Å². The summed E-state index contributed by atoms with van der Waals surface area (Å²) in [6, 6.07) is 2.08. The van der Waals surface area contributed by atoms with Crippen LogP contribution in [0.15, 0.2) is 10.5 Å². The standard InChI is InChI=1S/C16H29NO2/c1-7-8-13(3)18-11-14-9-12(2)15(19-14)10-17-16(4,5)6/h9,13,17H,7-8,10-11H2,1-6H3. The van der Waals surface area contributed by atoms with Crippen molar-refractivity contribution in [1.29, 1.82) is 0 Å². The first kappa shape index (κ1) is 16.3. The van der Waals surface area contributed by atoms with Gasteiger partial charge in [0, 0.05) is 5.54 Å². The zero-order chi connectivity index (χ0) is 14.5. The maximum Gasteiger partial charge on any atom is 0.130 e. The zero-order valence-corrected chi connectivity index (χ0v) is 13.3. The second-order valence-corrected chi connectivity index (χ2v) is 6.33. The van der Waals surface area contributed by atoms with Crippen molar-refractivity contribution in [2.24, 2.45) is 0 Å². The van der Waals surface area contributed by atoms with Crippen molar-refractivity contribution >= 4 is 0 Å². The molecule has 0 fully saturated rings. The van der Waals surface area contributed by atoms with Gasteiger partial charge in [0.1, 0.15) is 18.1 Å². The Morgan fingerprint density at radius 2 is 2.05 bits per heavy atom. The van der Waals surface area contributed by atoms with E-state index in [1.807, 2.05) is 0 Å². The summed E-state index contributed by atoms with van der Waals surface area (Å²) in [5, 5.41) is 3.44. The first-order valence-corrected chi connectivity index (χ1v) is 7.26. The average molecular weight is 267 g/mol. The second-order valence-electron chi connectivity index (χ2n) is 6.33. The molecule has 0 amide bonds. The summed E-state index contributed by atoms with van der Waals surface area (Å²) in [5.74, 6) is 1.93. The van der Waals surface area contributed by atoms with Gasteiger partial charge < -0.3 is 14.5 Å². The molecule has 1 N–H and O–H groups in total. The third-order valence-corrected chi connectivity index (χ3v) is 3.06. The van der Waals surface area contributed by atoms with Gasteiger partial charge in [-0.3, -0.25) is 0 Å². The molecular formula is C16H29NO2. The molecule has 0 radical (unpaired) electrons. The summed E-state index contributed by atoms with van der Waals surface area (Å²) >= 11 is 0. The lowest BCUT2D eigenvalue weighted by Gasteiger charge is -2.19. The van der Waals surface area contributed by atoms with E-state index >= 15 is 0 Å². The number of rotatable bonds is 7. The fourth-order valence-corrected chi connectivity index (χ4v) is 1.90. The van der Waals surface area contributed by atoms with E-state index in [2.05, 4.69) is 52.9 Å². The van der Waals surface area contributed by atoms with Crippen LogP contribution >= 0.6 is 0 Å². The van der Waals surface area contributed by atoms with Crippen molar-refractivity contribution < 1.29 is 9.15 Å². The smallest absolute Gasteiger partial charge is 0.130 e. The highest BCUT2D eigenvalue weighted by molar-refractivity contribution is 5.19. The van der Waals surface area contributed by atoms with Crippen LogP contribution in [0.2, 0.25) is 0 Å². The van der Waals surface area contributed by atoms with E-state index in [4.69, 9.17) is 9.15 Å². The van der Waals surface area contributed by atoms with Gasteiger partial charge in [0.2, 0.25) is 0 Å². The Hall–Kier alpha value is -0.800. The summed E-state index contributed by atoms with van der Waals surface area (Å²) < 4.78 is 11.6. The number of hydrogen-bond donors (Lipinski definition) is 1. The monoisotopic (exact) mass is 267 g/mol. The van der Waals surface area contributed by atoms with Crippen LogP contribution in [0.4, 0.5) is 0 Å². The summed E-state index contributed by atoms with van der Waals surface area (Å²) in [5.41, 5.74) is 1.30. The van der Waals surface area contributed by atoms with Crippen molar-refractivity contribution in [3.05, 3.63) is 23.2 Å². The van der Waals surface area contributed by atoms with Crippen LogP contribution < -0.4 is 5.32 Å². The molecule has 1 aromatic rings. The minimum Gasteiger partial charge on any atom is -0.462 e. The molecule has 1 heterocycles. The van der Waals surface area contributed by atoms with Gasteiger partial charge in [0.25, 0.3) is 0 Å². The van der Waals surface area contributed by atoms with Crippen LogP contribution in [0, 0.1) is 6.92 Å². The van der Waals surface area contributed by atoms with E-state index < -0.39 is 0 Å². The fourth-order valence-electron chi connectivity index (χ4n) is 1.90. The largest absolute Gasteiger partial charge is 0.462 e. The minimum atomic E-state index is 0.103. The van der Waals surface area contributed by atoms with Crippen LogP contribution in [0.3, 0.4) is 0 Å². The summed E-state index contributed by atoms with van der Waals surface area (Å²) in [4.78, 5) is 0. The number of furan rings is 1. The highest BCUT2D eigenvalue weighted by Gasteiger charge is 2.13. The van der Waals surface area contributed by atoms with Crippen molar-refractivity contribution in [2.75, 3.05) is 0 Å². The number of nitrogens with one attached hydrogen (secondary N) is 1. The normalized spacial score (nSPS) is 13.8. The fraction of sp³-hybridized carbons (Fsp3) is 0.750. The van der Waals surface area contributed by atoms with E-state index in [0.717, 1.165) is 30.9 Å². The maximum atomic E-state index is 5.85. The molecule has 1 unspecified atom stereocenters. The molecule has 1 rings (SSSR count). The van der Waals surface area contributed by atoms with Crippen molar-refractivity contribution in [3.8, 4) is 0 Å². The average Bonchev–Trinajstić information content (AvgIpc) is 2.64. The van der Waals surface area contributed by atoms with Crippen LogP contribution in [0.1, 0.15) is 64.5 Å². The van der Waals surface area contributed by atoms with Gasteiger partial charge in [-0.25, -0.2) is 0 Å². The number of hydrogen-bond acceptors (Lipinski definition) is 3. The highest BCUT2D eigenvalue weighted by atomic mass is 16.5. The molecule has 3 heteroatoms. The zero-order valence-electron chi connectivity index (χ0n) is 13.3. The van der Waals surface area contributed by atoms with Gasteiger partial charge in [-0.05, 0) is 52.7 Å². The molecule has 0 aromatic carbocycles. The van der Waals surface area contributed by atoms with Gasteiger partial charge >= 0.3 is 0 Å². The van der Waals surface area contributed by atoms with E-state index in [1.165, 1.54) is 5.56 Å². The predicted octanol–water partition coefficient (Wildman–Crippen LogP) is 4.18. The molecule has 1 aromatic heterocycles. The molecule has 110 valence electrons. The lowest BCUT2D eigenvalue weighted by atomic mass is 10.1. The SMILES string of the molecule is CCCC(C)OCc1cc(C)c(CNC(C)(C)C)o1. The maximum absolute atomic E-state index is 5.85. The first-order valence-electron chi connectivity index (χ1n) is 7.26. The van der Waals surface area contributed by atoms with Crippen LogP contribution in [-0.2, 0) is 17.9 Å². The predicted molar refractivity (Wildman–Crippen MR) is 79.2 cm³/mol. The molecule has 3 nitrogen and oxygen atoms in total. The van der Waals surface area contributed by atoms with Gasteiger partial charge in [0.05, 0.1) is 12.6 Å². The molecule has 0 aliphatic rings. The quantitative estimate of drug-likeness (QED) is 0.804. The first-order chi connectivity index (χ1) is 8.81. The van der Waals surface area contributed by atoms with Crippen molar-refractivity contribution in [2.45, 2.75) is 79.2 Å². The molecule has 0 saturated heterocycles. The third kappa shape index (κ3) is 6.26. The summed E-state index contributed by atoms with van der Waals surface area (Å²) in [7, 11) is 0. The van der Waals surface area contributed by atoms with E-state index in [-0.39, 0.29) is 5.54 Å².